The van der Waals surface area contributed by atoms with Gasteiger partial charge in [0.25, 0.3) is 0 Å². The lowest BCUT2D eigenvalue weighted by Gasteiger charge is -2.29. The maximum absolute atomic E-state index is 13.2. The number of benzene rings is 2. The Morgan fingerprint density at radius 3 is 2.34 bits per heavy atom. The Morgan fingerprint density at radius 1 is 1.03 bits per heavy atom. The molecule has 32 heavy (non-hydrogen) atoms. The van der Waals surface area contributed by atoms with E-state index in [0.717, 1.165) is 24.2 Å². The summed E-state index contributed by atoms with van der Waals surface area (Å²) in [7, 11) is 0. The number of nitrogens with one attached hydrogen (secondary N) is 1. The fourth-order valence-electron chi connectivity index (χ4n) is 3.44. The van der Waals surface area contributed by atoms with Crippen molar-refractivity contribution >= 4 is 46.8 Å². The molecule has 0 aliphatic carbocycles. The molecule has 0 fully saturated rings. The minimum atomic E-state index is -0.587. The van der Waals surface area contributed by atoms with E-state index in [2.05, 4.69) is 44.3 Å². The van der Waals surface area contributed by atoms with E-state index in [0.29, 0.717) is 28.9 Å². The molecular weight excluding hydrogens is 463 g/mol. The molecule has 0 aliphatic heterocycles. The summed E-state index contributed by atoms with van der Waals surface area (Å²) in [6.07, 6.45) is 1.90. The van der Waals surface area contributed by atoms with E-state index in [4.69, 9.17) is 23.2 Å². The Kier molecular flexibility index (Phi) is 10.9. The molecule has 2 aromatic carbocycles. The van der Waals surface area contributed by atoms with Crippen molar-refractivity contribution in [3.8, 4) is 0 Å². The van der Waals surface area contributed by atoms with Gasteiger partial charge in [0, 0.05) is 18.8 Å². The highest BCUT2D eigenvalue weighted by molar-refractivity contribution is 7.99. The molecular formula is C25H32Cl2N2O2S. The molecule has 7 heteroatoms. The van der Waals surface area contributed by atoms with Gasteiger partial charge < -0.3 is 10.2 Å². The van der Waals surface area contributed by atoms with Gasteiger partial charge in [0.2, 0.25) is 11.8 Å². The zero-order valence-electron chi connectivity index (χ0n) is 19.2. The number of nitrogens with zero attached hydrogens (tertiary/aromatic N) is 1. The van der Waals surface area contributed by atoms with Crippen LogP contribution >= 0.6 is 35.0 Å². The number of aryl methyl sites for hydroxylation is 2. The molecule has 4 nitrogen and oxygen atoms in total. The SMILES string of the molecule is CCCCNC(=O)C(C)N(Cc1ccc(Cl)c(Cl)c1)C(=O)CSCc1cc(C)cc(C)c1. The van der Waals surface area contributed by atoms with E-state index >= 15 is 0 Å². The van der Waals surface area contributed by atoms with E-state index in [-0.39, 0.29) is 11.8 Å². The minimum absolute atomic E-state index is 0.0800. The van der Waals surface area contributed by atoms with Crippen molar-refractivity contribution < 1.29 is 9.59 Å². The van der Waals surface area contributed by atoms with E-state index in [1.54, 1.807) is 35.7 Å². The maximum Gasteiger partial charge on any atom is 0.242 e. The first-order valence-corrected chi connectivity index (χ1v) is 12.8. The third-order valence-corrected chi connectivity index (χ3v) is 6.84. The molecule has 0 saturated carbocycles. The van der Waals surface area contributed by atoms with E-state index < -0.39 is 6.04 Å². The fraction of sp³-hybridized carbons (Fsp3) is 0.440. The number of thioether (sulfide) groups is 1. The summed E-state index contributed by atoms with van der Waals surface area (Å²) in [6, 6.07) is 11.1. The second-order valence-corrected chi connectivity index (χ2v) is 9.88. The minimum Gasteiger partial charge on any atom is -0.354 e. The standard InChI is InChI=1S/C25H32Cl2N2O2S/c1-5-6-9-28-25(31)19(4)29(14-20-7-8-22(26)23(27)13-20)24(30)16-32-15-21-11-17(2)10-18(3)12-21/h7-8,10-13,19H,5-6,9,14-16H2,1-4H3,(H,28,31). The van der Waals surface area contributed by atoms with Crippen molar-refractivity contribution in [1.82, 2.24) is 10.2 Å². The van der Waals surface area contributed by atoms with Gasteiger partial charge in [-0.15, -0.1) is 11.8 Å². The van der Waals surface area contributed by atoms with Crippen molar-refractivity contribution in [2.24, 2.45) is 0 Å². The van der Waals surface area contributed by atoms with Gasteiger partial charge in [0.15, 0.2) is 0 Å². The highest BCUT2D eigenvalue weighted by Crippen LogP contribution is 2.24. The Bertz CT molecular complexity index is 916. The molecule has 0 bridgehead atoms. The van der Waals surface area contributed by atoms with Crippen LogP contribution in [0.1, 0.15) is 48.9 Å². The number of amides is 2. The summed E-state index contributed by atoms with van der Waals surface area (Å²) in [4.78, 5) is 27.5. The van der Waals surface area contributed by atoms with Crippen molar-refractivity contribution in [2.75, 3.05) is 12.3 Å². The molecule has 0 spiro atoms. The van der Waals surface area contributed by atoms with Crippen LogP contribution < -0.4 is 5.32 Å². The summed E-state index contributed by atoms with van der Waals surface area (Å²) in [6.45, 7) is 8.89. The average Bonchev–Trinajstić information content (AvgIpc) is 2.73. The van der Waals surface area contributed by atoms with Gasteiger partial charge in [0.05, 0.1) is 15.8 Å². The first-order valence-electron chi connectivity index (χ1n) is 10.9. The average molecular weight is 496 g/mol. The molecule has 1 N–H and O–H groups in total. The normalized spacial score (nSPS) is 11.8. The summed E-state index contributed by atoms with van der Waals surface area (Å²) >= 11 is 13.8. The summed E-state index contributed by atoms with van der Waals surface area (Å²) in [5, 5.41) is 3.82. The lowest BCUT2D eigenvalue weighted by atomic mass is 10.1. The predicted molar refractivity (Wildman–Crippen MR) is 136 cm³/mol. The Balaban J connectivity index is 2.09. The van der Waals surface area contributed by atoms with E-state index in [1.807, 2.05) is 6.07 Å². The van der Waals surface area contributed by atoms with Crippen molar-refractivity contribution in [2.45, 2.75) is 58.9 Å². The van der Waals surface area contributed by atoms with Gasteiger partial charge >= 0.3 is 0 Å². The predicted octanol–water partition coefficient (Wildman–Crippen LogP) is 6.18. The van der Waals surface area contributed by atoms with Crippen LogP contribution in [0.15, 0.2) is 36.4 Å². The number of hydrogen-bond donors (Lipinski definition) is 1. The monoisotopic (exact) mass is 494 g/mol. The second-order valence-electron chi connectivity index (χ2n) is 8.08. The molecule has 1 atom stereocenters. The topological polar surface area (TPSA) is 49.4 Å². The molecule has 0 heterocycles. The number of unbranched alkanes of at least 4 members (excludes halogenated alkanes) is 1. The van der Waals surface area contributed by atoms with Gasteiger partial charge in [-0.2, -0.15) is 0 Å². The summed E-state index contributed by atoms with van der Waals surface area (Å²) in [5.74, 6) is 0.807. The molecule has 2 aromatic rings. The van der Waals surface area contributed by atoms with Crippen LogP contribution in [-0.2, 0) is 21.9 Å². The number of rotatable bonds is 11. The molecule has 174 valence electrons. The molecule has 1 unspecified atom stereocenters. The molecule has 0 saturated heterocycles. The van der Waals surface area contributed by atoms with Crippen LogP contribution in [0.5, 0.6) is 0 Å². The Morgan fingerprint density at radius 2 is 1.72 bits per heavy atom. The first-order chi connectivity index (χ1) is 15.2. The van der Waals surface area contributed by atoms with E-state index in [1.165, 1.54) is 16.7 Å². The number of carbonyl (C=O) groups is 2. The number of hydrogen-bond acceptors (Lipinski definition) is 3. The highest BCUT2D eigenvalue weighted by atomic mass is 35.5. The fourth-order valence-corrected chi connectivity index (χ4v) is 4.61. The van der Waals surface area contributed by atoms with Gasteiger partial charge in [-0.1, -0.05) is 71.9 Å². The zero-order chi connectivity index (χ0) is 23.7. The van der Waals surface area contributed by atoms with Crippen molar-refractivity contribution in [1.29, 1.82) is 0 Å². The second kappa shape index (κ2) is 13.1. The summed E-state index contributed by atoms with van der Waals surface area (Å²) in [5.41, 5.74) is 4.46. The van der Waals surface area contributed by atoms with Crippen LogP contribution in [0.3, 0.4) is 0 Å². The van der Waals surface area contributed by atoms with Crippen LogP contribution in [-0.4, -0.2) is 35.1 Å². The van der Waals surface area contributed by atoms with Crippen LogP contribution in [0.4, 0.5) is 0 Å². The van der Waals surface area contributed by atoms with Crippen LogP contribution in [0.2, 0.25) is 10.0 Å². The van der Waals surface area contributed by atoms with Gasteiger partial charge in [-0.05, 0) is 50.5 Å². The van der Waals surface area contributed by atoms with Gasteiger partial charge in [-0.25, -0.2) is 0 Å². The Hall–Kier alpha value is -1.69. The maximum atomic E-state index is 13.2. The molecule has 2 amide bonds. The van der Waals surface area contributed by atoms with Crippen LogP contribution in [0.25, 0.3) is 0 Å². The Labute approximate surface area is 206 Å². The van der Waals surface area contributed by atoms with Gasteiger partial charge in [0.1, 0.15) is 6.04 Å². The third-order valence-electron chi connectivity index (χ3n) is 5.11. The third kappa shape index (κ3) is 8.34. The molecule has 0 radical (unpaired) electrons. The van der Waals surface area contributed by atoms with Crippen molar-refractivity contribution in [3.63, 3.8) is 0 Å². The molecule has 2 rings (SSSR count). The van der Waals surface area contributed by atoms with Crippen molar-refractivity contribution in [3.05, 3.63) is 68.7 Å². The lowest BCUT2D eigenvalue weighted by molar-refractivity contribution is -0.138. The largest absolute Gasteiger partial charge is 0.354 e. The zero-order valence-corrected chi connectivity index (χ0v) is 21.5. The quantitative estimate of drug-likeness (QED) is 0.379. The van der Waals surface area contributed by atoms with E-state index in [9.17, 15) is 9.59 Å². The first kappa shape index (κ1) is 26.6. The smallest absolute Gasteiger partial charge is 0.242 e. The molecule has 0 aromatic heterocycles. The van der Waals surface area contributed by atoms with Gasteiger partial charge in [-0.3, -0.25) is 9.59 Å². The number of halogens is 2. The summed E-state index contributed by atoms with van der Waals surface area (Å²) < 4.78 is 0. The van der Waals surface area contributed by atoms with Crippen LogP contribution in [0, 0.1) is 13.8 Å². The number of carbonyl (C=O) groups excluding carboxylic acids is 2. The molecule has 0 aliphatic rings. The highest BCUT2D eigenvalue weighted by Gasteiger charge is 2.26. The lowest BCUT2D eigenvalue weighted by Crippen LogP contribution is -2.48.